The third-order valence-electron chi connectivity index (χ3n) is 3.61. The fraction of sp³-hybridized carbons (Fsp3) is 0.200. The molecule has 0 saturated heterocycles. The highest BCUT2D eigenvalue weighted by molar-refractivity contribution is 6.06. The van der Waals surface area contributed by atoms with Gasteiger partial charge in [-0.25, -0.2) is 4.79 Å². The average molecular weight is 324 g/mol. The fourth-order valence-electron chi connectivity index (χ4n) is 2.08. The molecular weight excluding hydrogens is 304 g/mol. The molecule has 0 heterocycles. The summed E-state index contributed by atoms with van der Waals surface area (Å²) in [4.78, 5) is 22.9. The predicted molar refractivity (Wildman–Crippen MR) is 93.4 cm³/mol. The minimum Gasteiger partial charge on any atom is -0.479 e. The minimum absolute atomic E-state index is 0.118. The summed E-state index contributed by atoms with van der Waals surface area (Å²) < 4.78 is 5.23. The predicted octanol–water partition coefficient (Wildman–Crippen LogP) is 4.00. The van der Waals surface area contributed by atoms with Crippen molar-refractivity contribution in [3.8, 4) is 5.75 Å². The van der Waals surface area contributed by atoms with Gasteiger partial charge >= 0.3 is 5.97 Å². The van der Waals surface area contributed by atoms with Crippen molar-refractivity contribution in [3.05, 3.63) is 71.3 Å². The smallest absolute Gasteiger partial charge is 0.344 e. The molecule has 2 rings (SSSR count). The van der Waals surface area contributed by atoms with Gasteiger partial charge in [0.05, 0.1) is 0 Å². The maximum absolute atomic E-state index is 12.2. The molecule has 0 aliphatic rings. The molecule has 1 N–H and O–H groups in total. The molecule has 124 valence electrons. The van der Waals surface area contributed by atoms with Crippen LogP contribution in [0.25, 0.3) is 6.08 Å². The zero-order valence-corrected chi connectivity index (χ0v) is 13.7. The number of carboxylic acid groups (broad SMARTS) is 1. The van der Waals surface area contributed by atoms with Crippen molar-refractivity contribution in [2.75, 3.05) is 0 Å². The maximum atomic E-state index is 12.2. The summed E-state index contributed by atoms with van der Waals surface area (Å²) in [6, 6.07) is 14.5. The van der Waals surface area contributed by atoms with E-state index in [1.807, 2.05) is 24.3 Å². The molecule has 0 bridgehead atoms. The van der Waals surface area contributed by atoms with Crippen LogP contribution in [0, 0.1) is 0 Å². The first kappa shape index (κ1) is 17.5. The Morgan fingerprint density at radius 1 is 1.08 bits per heavy atom. The number of benzene rings is 2. The summed E-state index contributed by atoms with van der Waals surface area (Å²) in [6.45, 7) is 3.55. The summed E-state index contributed by atoms with van der Waals surface area (Å²) in [5.41, 5.74) is 2.74. The molecule has 0 fully saturated rings. The largest absolute Gasteiger partial charge is 0.479 e. The highest BCUT2D eigenvalue weighted by Crippen LogP contribution is 2.15. The maximum Gasteiger partial charge on any atom is 0.344 e. The van der Waals surface area contributed by atoms with Gasteiger partial charge in [0, 0.05) is 5.56 Å². The number of aryl methyl sites for hydroxylation is 1. The van der Waals surface area contributed by atoms with Crippen molar-refractivity contribution < 1.29 is 19.4 Å². The van der Waals surface area contributed by atoms with E-state index < -0.39 is 12.1 Å². The monoisotopic (exact) mass is 324 g/mol. The number of hydrogen-bond acceptors (Lipinski definition) is 3. The van der Waals surface area contributed by atoms with Crippen LogP contribution in [-0.4, -0.2) is 23.0 Å². The molecule has 0 aromatic heterocycles. The Kier molecular flexibility index (Phi) is 5.90. The van der Waals surface area contributed by atoms with Crippen LogP contribution in [-0.2, 0) is 11.2 Å². The molecule has 1 atom stereocenters. The molecule has 2 aromatic rings. The van der Waals surface area contributed by atoms with Crippen LogP contribution in [0.3, 0.4) is 0 Å². The van der Waals surface area contributed by atoms with Gasteiger partial charge in [-0.3, -0.25) is 4.79 Å². The Hall–Kier alpha value is -2.88. The van der Waals surface area contributed by atoms with Crippen molar-refractivity contribution in [1.82, 2.24) is 0 Å². The van der Waals surface area contributed by atoms with E-state index in [-0.39, 0.29) is 5.78 Å². The molecule has 24 heavy (non-hydrogen) atoms. The molecule has 4 heteroatoms. The molecule has 2 aromatic carbocycles. The van der Waals surface area contributed by atoms with Gasteiger partial charge in [-0.2, -0.15) is 0 Å². The lowest BCUT2D eigenvalue weighted by Crippen LogP contribution is -2.22. The van der Waals surface area contributed by atoms with Crippen LogP contribution in [0.1, 0.15) is 35.3 Å². The highest BCUT2D eigenvalue weighted by atomic mass is 16.5. The van der Waals surface area contributed by atoms with Gasteiger partial charge in [0.1, 0.15) is 5.75 Å². The second kappa shape index (κ2) is 8.11. The van der Waals surface area contributed by atoms with Crippen LogP contribution in [0.2, 0.25) is 0 Å². The number of carboxylic acids is 1. The first-order chi connectivity index (χ1) is 11.5. The quantitative estimate of drug-likeness (QED) is 0.618. The van der Waals surface area contributed by atoms with Crippen LogP contribution in [0.15, 0.2) is 54.6 Å². The number of rotatable bonds is 7. The van der Waals surface area contributed by atoms with E-state index in [9.17, 15) is 9.59 Å². The molecule has 0 aliphatic heterocycles. The van der Waals surface area contributed by atoms with E-state index >= 15 is 0 Å². The van der Waals surface area contributed by atoms with Crippen molar-refractivity contribution in [2.45, 2.75) is 26.4 Å². The van der Waals surface area contributed by atoms with Gasteiger partial charge in [0.25, 0.3) is 0 Å². The molecule has 0 radical (unpaired) electrons. The zero-order valence-electron chi connectivity index (χ0n) is 13.7. The molecule has 4 nitrogen and oxygen atoms in total. The molecule has 0 amide bonds. The van der Waals surface area contributed by atoms with E-state index in [0.717, 1.165) is 12.0 Å². The summed E-state index contributed by atoms with van der Waals surface area (Å²) in [7, 11) is 0. The first-order valence-corrected chi connectivity index (χ1v) is 7.80. The number of aliphatic carboxylic acids is 1. The van der Waals surface area contributed by atoms with Crippen molar-refractivity contribution in [3.63, 3.8) is 0 Å². The van der Waals surface area contributed by atoms with Gasteiger partial charge in [-0.05, 0) is 54.8 Å². The van der Waals surface area contributed by atoms with Gasteiger partial charge in [-0.15, -0.1) is 0 Å². The second-order valence-corrected chi connectivity index (χ2v) is 5.42. The standard InChI is InChI=1S/C20H20O4/c1-3-15-4-6-16(7-5-15)8-13-19(21)17-9-11-18(12-10-17)24-14(2)20(22)23/h4-14H,3H2,1-2H3,(H,22,23)/b13-8+/t14-/m1/s1. The lowest BCUT2D eigenvalue weighted by atomic mass is 10.1. The summed E-state index contributed by atoms with van der Waals surface area (Å²) >= 11 is 0. The van der Waals surface area contributed by atoms with Crippen LogP contribution in [0.5, 0.6) is 5.75 Å². The SMILES string of the molecule is CCc1ccc(/C=C/C(=O)c2ccc(O[C@H](C)C(=O)O)cc2)cc1. The summed E-state index contributed by atoms with van der Waals surface area (Å²) in [5, 5.41) is 8.81. The number of carbonyl (C=O) groups excluding carboxylic acids is 1. The van der Waals surface area contributed by atoms with Gasteiger partial charge in [0.2, 0.25) is 0 Å². The van der Waals surface area contributed by atoms with E-state index in [0.29, 0.717) is 11.3 Å². The van der Waals surface area contributed by atoms with Gasteiger partial charge in [-0.1, -0.05) is 37.3 Å². The van der Waals surface area contributed by atoms with Crippen LogP contribution < -0.4 is 4.74 Å². The van der Waals surface area contributed by atoms with Crippen molar-refractivity contribution in [1.29, 1.82) is 0 Å². The number of ether oxygens (including phenoxy) is 1. The minimum atomic E-state index is -1.04. The average Bonchev–Trinajstić information content (AvgIpc) is 2.60. The number of carbonyl (C=O) groups is 2. The Labute approximate surface area is 141 Å². The van der Waals surface area contributed by atoms with Crippen LogP contribution >= 0.6 is 0 Å². The van der Waals surface area contributed by atoms with Gasteiger partial charge < -0.3 is 9.84 Å². The Morgan fingerprint density at radius 2 is 1.71 bits per heavy atom. The van der Waals surface area contributed by atoms with E-state index in [2.05, 4.69) is 6.92 Å². The lowest BCUT2D eigenvalue weighted by molar-refractivity contribution is -0.144. The first-order valence-electron chi connectivity index (χ1n) is 7.80. The number of allylic oxidation sites excluding steroid dienone is 1. The molecule has 0 spiro atoms. The van der Waals surface area contributed by atoms with E-state index in [1.165, 1.54) is 18.6 Å². The fourth-order valence-corrected chi connectivity index (χ4v) is 2.08. The zero-order chi connectivity index (χ0) is 17.5. The third-order valence-corrected chi connectivity index (χ3v) is 3.61. The Balaban J connectivity index is 2.01. The Bertz CT molecular complexity index is 727. The molecule has 0 aliphatic carbocycles. The summed E-state index contributed by atoms with van der Waals surface area (Å²) in [6.07, 6.45) is 3.35. The highest BCUT2D eigenvalue weighted by Gasteiger charge is 2.12. The molecule has 0 unspecified atom stereocenters. The Morgan fingerprint density at radius 3 is 2.25 bits per heavy atom. The normalized spacial score (nSPS) is 12.1. The van der Waals surface area contributed by atoms with Gasteiger partial charge in [0.15, 0.2) is 11.9 Å². The lowest BCUT2D eigenvalue weighted by Gasteiger charge is -2.10. The van der Waals surface area contributed by atoms with Crippen LogP contribution in [0.4, 0.5) is 0 Å². The molecular formula is C20H20O4. The third kappa shape index (κ3) is 4.81. The van der Waals surface area contributed by atoms with E-state index in [4.69, 9.17) is 9.84 Å². The van der Waals surface area contributed by atoms with Crippen molar-refractivity contribution in [2.24, 2.45) is 0 Å². The molecule has 0 saturated carbocycles. The summed E-state index contributed by atoms with van der Waals surface area (Å²) in [5.74, 6) is -0.736. The van der Waals surface area contributed by atoms with Crippen molar-refractivity contribution >= 4 is 17.8 Å². The van der Waals surface area contributed by atoms with E-state index in [1.54, 1.807) is 30.3 Å². The second-order valence-electron chi connectivity index (χ2n) is 5.42. The number of hydrogen-bond donors (Lipinski definition) is 1. The topological polar surface area (TPSA) is 63.6 Å². The number of ketones is 1.